The largest absolute Gasteiger partial charge is 0.509 e. The molecule has 2 aliphatic rings. The van der Waals surface area contributed by atoms with E-state index in [2.05, 4.69) is 228 Å². The number of ether oxygens (including phenoxy) is 1. The van der Waals surface area contributed by atoms with Crippen molar-refractivity contribution >= 4 is 71.7 Å². The molecular formula is C60H54N5OPt-3. The summed E-state index contributed by atoms with van der Waals surface area (Å²) in [5.41, 5.74) is 14.5. The number of rotatable bonds is 5. The van der Waals surface area contributed by atoms with Crippen LogP contribution in [-0.2, 0) is 42.7 Å². The van der Waals surface area contributed by atoms with E-state index in [1.54, 1.807) is 0 Å². The minimum atomic E-state index is -0.212. The summed E-state index contributed by atoms with van der Waals surface area (Å²) < 4.78 is 11.3. The van der Waals surface area contributed by atoms with E-state index in [1.807, 2.05) is 18.2 Å². The number of para-hydroxylation sites is 4. The Bertz CT molecular complexity index is 3570. The van der Waals surface area contributed by atoms with Crippen molar-refractivity contribution in [1.82, 2.24) is 14.2 Å². The molecule has 0 atom stereocenters. The number of hydrogen-bond donors (Lipinski definition) is 0. The zero-order chi connectivity index (χ0) is 45.7. The van der Waals surface area contributed by atoms with Crippen LogP contribution in [0.1, 0.15) is 91.5 Å². The van der Waals surface area contributed by atoms with Gasteiger partial charge in [-0.2, -0.15) is 17.2 Å². The number of aromatic nitrogens is 3. The number of anilines is 4. The molecule has 4 heterocycles. The van der Waals surface area contributed by atoms with Gasteiger partial charge in [0.25, 0.3) is 0 Å². The number of fused-ring (bicyclic) bond motifs is 7. The monoisotopic (exact) mass is 1060 g/mol. The molecule has 0 saturated carbocycles. The van der Waals surface area contributed by atoms with Crippen LogP contribution in [0.3, 0.4) is 0 Å². The molecule has 1 aliphatic carbocycles. The molecule has 7 aromatic carbocycles. The first kappa shape index (κ1) is 43.2. The summed E-state index contributed by atoms with van der Waals surface area (Å²) in [6.07, 6.45) is 2.08. The van der Waals surface area contributed by atoms with Crippen LogP contribution in [0.4, 0.5) is 22.7 Å². The van der Waals surface area contributed by atoms with Gasteiger partial charge in [-0.1, -0.05) is 129 Å². The maximum absolute atomic E-state index is 6.74. The van der Waals surface area contributed by atoms with E-state index >= 15 is 0 Å². The van der Waals surface area contributed by atoms with Crippen LogP contribution >= 0.6 is 0 Å². The fourth-order valence-corrected chi connectivity index (χ4v) is 10.6. The number of pyridine rings is 1. The smallest absolute Gasteiger partial charge is 0.0752 e. The number of benzene rings is 7. The second-order valence-corrected chi connectivity index (χ2v) is 21.6. The molecule has 0 spiro atoms. The van der Waals surface area contributed by atoms with Crippen molar-refractivity contribution in [2.75, 3.05) is 9.80 Å². The minimum absolute atomic E-state index is 0. The number of hydrogen-bond acceptors (Lipinski definition) is 4. The van der Waals surface area contributed by atoms with Gasteiger partial charge in [0.2, 0.25) is 0 Å². The van der Waals surface area contributed by atoms with Crippen molar-refractivity contribution in [3.05, 3.63) is 181 Å². The zero-order valence-corrected chi connectivity index (χ0v) is 42.1. The van der Waals surface area contributed by atoms with Gasteiger partial charge in [0.15, 0.2) is 0 Å². The Morgan fingerprint density at radius 1 is 0.552 bits per heavy atom. The third-order valence-corrected chi connectivity index (χ3v) is 15.1. The molecule has 12 rings (SSSR count). The molecule has 0 amide bonds. The molecule has 0 unspecified atom stereocenters. The molecule has 1 aliphatic heterocycles. The van der Waals surface area contributed by atoms with Crippen molar-refractivity contribution in [2.45, 2.75) is 90.9 Å². The SMILES string of the molecule is CC(C)(C)c1cc(N2[CH-]N(c3[c-]c(Oc4[c-]c5c(cc4)c4cc(-n6c7ccccc7c7ccccc76)cc6c4c4c(cnn54)C(C)(C)C6(C)C)ccc3)c3ccccc32)cc(C(C)(C)C)c1.[Pt]. The molecule has 10 aromatic rings. The van der Waals surface area contributed by atoms with E-state index in [0.29, 0.717) is 11.5 Å². The van der Waals surface area contributed by atoms with Crippen molar-refractivity contribution in [1.29, 1.82) is 0 Å². The van der Waals surface area contributed by atoms with Crippen LogP contribution in [0.5, 0.6) is 11.5 Å². The van der Waals surface area contributed by atoms with E-state index in [1.165, 1.54) is 54.8 Å². The fourth-order valence-electron chi connectivity index (χ4n) is 10.6. The zero-order valence-electron chi connectivity index (χ0n) is 39.8. The van der Waals surface area contributed by atoms with Gasteiger partial charge < -0.3 is 19.1 Å². The summed E-state index contributed by atoms with van der Waals surface area (Å²) in [6.45, 7) is 25.4. The molecule has 0 saturated heterocycles. The van der Waals surface area contributed by atoms with Gasteiger partial charge in [-0.15, -0.1) is 48.1 Å². The second kappa shape index (κ2) is 14.8. The standard InChI is InChI=1S/C60H54N5O.Pt/c1-57(2,3)37-28-38(58(4,5)6)30-40(29-37)63-36-62(52-24-15-16-25-53(52)63)39-18-17-19-42(31-39)66-43-26-27-46-47-32-41(64-50-22-13-11-20-44(50)45-21-12-14-23-51(45)64)33-48-55(47)56-49(60(9,10)59(48,7)8)35-61-65(56)54(46)34-43;/h11-30,32-33,35-36H,1-10H3;/q-3;. The summed E-state index contributed by atoms with van der Waals surface area (Å²) in [6, 6.07) is 55.6. The predicted molar refractivity (Wildman–Crippen MR) is 274 cm³/mol. The van der Waals surface area contributed by atoms with Gasteiger partial charge in [0.1, 0.15) is 0 Å². The summed E-state index contributed by atoms with van der Waals surface area (Å²) in [5, 5.41) is 11.1. The first-order chi connectivity index (χ1) is 31.5. The fraction of sp³-hybridized carbons (Fsp3) is 0.233. The number of nitrogens with zero attached hydrogens (tertiary/aromatic N) is 5. The Morgan fingerprint density at radius 2 is 1.15 bits per heavy atom. The third-order valence-electron chi connectivity index (χ3n) is 15.1. The average Bonchev–Trinajstić information content (AvgIpc) is 4.01. The van der Waals surface area contributed by atoms with Gasteiger partial charge in [-0.05, 0) is 87.0 Å². The maximum Gasteiger partial charge on any atom is 0.0752 e. The Labute approximate surface area is 408 Å². The molecule has 0 bridgehead atoms. The van der Waals surface area contributed by atoms with Gasteiger partial charge in [-0.25, -0.2) is 0 Å². The Balaban J connectivity index is 0.00000494. The Hall–Kier alpha value is -6.36. The molecule has 6 nitrogen and oxygen atoms in total. The summed E-state index contributed by atoms with van der Waals surface area (Å²) in [5.74, 6) is 1.21. The predicted octanol–water partition coefficient (Wildman–Crippen LogP) is 15.7. The average molecular weight is 1060 g/mol. The van der Waals surface area contributed by atoms with Gasteiger partial charge in [-0.3, -0.25) is 4.52 Å². The molecule has 0 radical (unpaired) electrons. The molecule has 0 N–H and O–H groups in total. The Morgan fingerprint density at radius 3 is 1.81 bits per heavy atom. The maximum atomic E-state index is 6.74. The van der Waals surface area contributed by atoms with Gasteiger partial charge >= 0.3 is 0 Å². The summed E-state index contributed by atoms with van der Waals surface area (Å²) in [7, 11) is 0. The van der Waals surface area contributed by atoms with Gasteiger partial charge in [0.05, 0.1) is 22.7 Å². The summed E-state index contributed by atoms with van der Waals surface area (Å²) in [4.78, 5) is 4.52. The van der Waals surface area contributed by atoms with Crippen LogP contribution < -0.4 is 14.5 Å². The van der Waals surface area contributed by atoms with Crippen LogP contribution in [0.25, 0.3) is 54.7 Å². The van der Waals surface area contributed by atoms with Crippen molar-refractivity contribution < 1.29 is 25.8 Å². The minimum Gasteiger partial charge on any atom is -0.509 e. The summed E-state index contributed by atoms with van der Waals surface area (Å²) >= 11 is 0. The molecule has 7 heteroatoms. The van der Waals surface area contributed by atoms with Crippen molar-refractivity contribution in [3.63, 3.8) is 0 Å². The van der Waals surface area contributed by atoms with E-state index in [-0.39, 0.29) is 42.7 Å². The topological polar surface area (TPSA) is 37.9 Å². The van der Waals surface area contributed by atoms with Crippen LogP contribution in [0.15, 0.2) is 140 Å². The second-order valence-electron chi connectivity index (χ2n) is 21.6. The van der Waals surface area contributed by atoms with E-state index < -0.39 is 0 Å². The Kier molecular flexibility index (Phi) is 9.56. The first-order valence-corrected chi connectivity index (χ1v) is 23.2. The molecule has 3 aromatic heterocycles. The van der Waals surface area contributed by atoms with Crippen LogP contribution in [0.2, 0.25) is 0 Å². The first-order valence-electron chi connectivity index (χ1n) is 23.2. The van der Waals surface area contributed by atoms with Crippen LogP contribution in [-0.4, -0.2) is 14.2 Å². The molecule has 338 valence electrons. The molecular weight excluding hydrogens is 1000 g/mol. The normalized spacial score (nSPS) is 15.3. The van der Waals surface area contributed by atoms with Crippen molar-refractivity contribution in [2.24, 2.45) is 0 Å². The van der Waals surface area contributed by atoms with Crippen LogP contribution in [0, 0.1) is 18.8 Å². The van der Waals surface area contributed by atoms with E-state index in [0.717, 1.165) is 44.9 Å². The van der Waals surface area contributed by atoms with Crippen molar-refractivity contribution in [3.8, 4) is 17.2 Å². The quantitative estimate of drug-likeness (QED) is 0.127. The van der Waals surface area contributed by atoms with E-state index in [4.69, 9.17) is 9.84 Å². The third kappa shape index (κ3) is 6.42. The van der Waals surface area contributed by atoms with Gasteiger partial charge in [0, 0.05) is 82.5 Å². The molecule has 67 heavy (non-hydrogen) atoms. The molecule has 0 fully saturated rings. The van der Waals surface area contributed by atoms with E-state index in [9.17, 15) is 0 Å².